The maximum absolute atomic E-state index is 13.2. The summed E-state index contributed by atoms with van der Waals surface area (Å²) in [4.78, 5) is 15.9. The van der Waals surface area contributed by atoms with Crippen molar-refractivity contribution in [3.63, 3.8) is 0 Å². The number of nitrogens with zero attached hydrogens (tertiary/aromatic N) is 1. The Morgan fingerprint density at radius 1 is 1.16 bits per heavy atom. The molecule has 0 radical (unpaired) electrons. The van der Waals surface area contributed by atoms with E-state index >= 15 is 0 Å². The van der Waals surface area contributed by atoms with Crippen LogP contribution in [0.25, 0.3) is 17.0 Å². The van der Waals surface area contributed by atoms with Crippen LogP contribution in [0, 0.1) is 17.1 Å². The third-order valence-corrected chi connectivity index (χ3v) is 6.25. The molecule has 37 heavy (non-hydrogen) atoms. The Balaban J connectivity index is 1.45. The first-order valence-electron chi connectivity index (χ1n) is 11.8. The zero-order valence-corrected chi connectivity index (χ0v) is 21.8. The Bertz CT molecular complexity index is 1470. The van der Waals surface area contributed by atoms with E-state index in [0.717, 1.165) is 22.0 Å². The average Bonchev–Trinajstić information content (AvgIpc) is 3.31. The molecule has 1 amide bonds. The molecular weight excluding hydrogens is 537 g/mol. The molecular formula is C29H25BrFN3O3. The van der Waals surface area contributed by atoms with Crippen LogP contribution in [0.2, 0.25) is 0 Å². The molecule has 3 aromatic carbocycles. The minimum atomic E-state index is -0.451. The summed E-state index contributed by atoms with van der Waals surface area (Å²) < 4.78 is 25.5. The predicted molar refractivity (Wildman–Crippen MR) is 145 cm³/mol. The molecule has 0 atom stereocenters. The summed E-state index contributed by atoms with van der Waals surface area (Å²) in [7, 11) is 0. The number of H-pyrrole nitrogens is 1. The van der Waals surface area contributed by atoms with Crippen LogP contribution in [-0.2, 0) is 17.8 Å². The summed E-state index contributed by atoms with van der Waals surface area (Å²) in [6.07, 6.45) is 4.08. The Hall–Kier alpha value is -4.09. The number of carbonyl (C=O) groups is 1. The third kappa shape index (κ3) is 6.57. The second kappa shape index (κ2) is 12.2. The zero-order chi connectivity index (χ0) is 26.2. The lowest BCUT2D eigenvalue weighted by atomic mass is 10.1. The number of fused-ring (bicyclic) bond motifs is 1. The summed E-state index contributed by atoms with van der Waals surface area (Å²) in [5, 5.41) is 13.6. The number of ether oxygens (including phenoxy) is 2. The lowest BCUT2D eigenvalue weighted by Crippen LogP contribution is -2.26. The molecule has 0 saturated heterocycles. The number of nitriles is 1. The van der Waals surface area contributed by atoms with E-state index in [1.807, 2.05) is 43.5 Å². The van der Waals surface area contributed by atoms with E-state index in [1.165, 1.54) is 18.2 Å². The number of hydrogen-bond donors (Lipinski definition) is 2. The number of para-hydroxylation sites is 1. The van der Waals surface area contributed by atoms with Gasteiger partial charge in [0.1, 0.15) is 24.1 Å². The van der Waals surface area contributed by atoms with Crippen molar-refractivity contribution in [2.45, 2.75) is 20.0 Å². The molecule has 0 aliphatic carbocycles. The topological polar surface area (TPSA) is 87.1 Å². The molecule has 0 unspecified atom stereocenters. The lowest BCUT2D eigenvalue weighted by Gasteiger charge is -2.15. The predicted octanol–water partition coefficient (Wildman–Crippen LogP) is 6.31. The summed E-state index contributed by atoms with van der Waals surface area (Å²) in [6, 6.07) is 19.5. The average molecular weight is 562 g/mol. The summed E-state index contributed by atoms with van der Waals surface area (Å²) in [5.41, 5.74) is 3.53. The fraction of sp³-hybridized carbons (Fsp3) is 0.172. The van der Waals surface area contributed by atoms with Crippen LogP contribution < -0.4 is 14.8 Å². The van der Waals surface area contributed by atoms with Gasteiger partial charge in [-0.15, -0.1) is 0 Å². The highest BCUT2D eigenvalue weighted by molar-refractivity contribution is 9.10. The monoisotopic (exact) mass is 561 g/mol. The molecule has 0 spiro atoms. The maximum Gasteiger partial charge on any atom is 0.261 e. The lowest BCUT2D eigenvalue weighted by molar-refractivity contribution is -0.117. The number of nitrogens with one attached hydrogen (secondary N) is 2. The van der Waals surface area contributed by atoms with Crippen molar-refractivity contribution in [2.24, 2.45) is 0 Å². The van der Waals surface area contributed by atoms with Gasteiger partial charge in [-0.3, -0.25) is 4.79 Å². The molecule has 1 heterocycles. The van der Waals surface area contributed by atoms with Crippen molar-refractivity contribution < 1.29 is 18.7 Å². The van der Waals surface area contributed by atoms with Gasteiger partial charge in [-0.05, 0) is 82.4 Å². The number of benzene rings is 3. The minimum absolute atomic E-state index is 0.0201. The van der Waals surface area contributed by atoms with Gasteiger partial charge in [0.15, 0.2) is 11.5 Å². The van der Waals surface area contributed by atoms with Crippen LogP contribution in [0.3, 0.4) is 0 Å². The SMILES string of the molecule is CCOc1cc(/C=C(/C#N)C(=O)NCCc2c[nH]c3ccccc23)cc(Br)c1OCc1ccc(F)cc1. The molecule has 0 aliphatic rings. The van der Waals surface area contributed by atoms with Crippen molar-refractivity contribution >= 4 is 38.8 Å². The number of halogens is 2. The van der Waals surface area contributed by atoms with Crippen LogP contribution in [0.15, 0.2) is 76.9 Å². The van der Waals surface area contributed by atoms with Crippen LogP contribution >= 0.6 is 15.9 Å². The zero-order valence-electron chi connectivity index (χ0n) is 20.2. The Labute approximate surface area is 222 Å². The van der Waals surface area contributed by atoms with Gasteiger partial charge in [0.05, 0.1) is 11.1 Å². The van der Waals surface area contributed by atoms with Gasteiger partial charge >= 0.3 is 0 Å². The number of amides is 1. The van der Waals surface area contributed by atoms with Crippen molar-refractivity contribution in [1.29, 1.82) is 5.26 Å². The molecule has 0 bridgehead atoms. The molecule has 1 aromatic heterocycles. The van der Waals surface area contributed by atoms with Crippen LogP contribution in [-0.4, -0.2) is 24.0 Å². The van der Waals surface area contributed by atoms with E-state index in [0.29, 0.717) is 41.1 Å². The Morgan fingerprint density at radius 3 is 2.70 bits per heavy atom. The Kier molecular flexibility index (Phi) is 8.60. The molecule has 0 saturated carbocycles. The van der Waals surface area contributed by atoms with Gasteiger partial charge in [-0.1, -0.05) is 30.3 Å². The van der Waals surface area contributed by atoms with E-state index in [2.05, 4.69) is 26.2 Å². The first-order valence-corrected chi connectivity index (χ1v) is 12.6. The van der Waals surface area contributed by atoms with Gasteiger partial charge in [0.2, 0.25) is 0 Å². The van der Waals surface area contributed by atoms with Crippen LogP contribution in [0.1, 0.15) is 23.6 Å². The van der Waals surface area contributed by atoms with E-state index in [4.69, 9.17) is 9.47 Å². The van der Waals surface area contributed by atoms with Gasteiger partial charge < -0.3 is 19.8 Å². The maximum atomic E-state index is 13.2. The highest BCUT2D eigenvalue weighted by atomic mass is 79.9. The quantitative estimate of drug-likeness (QED) is 0.175. The first kappa shape index (κ1) is 26.0. The van der Waals surface area contributed by atoms with Gasteiger partial charge in [-0.25, -0.2) is 4.39 Å². The number of aromatic amines is 1. The largest absolute Gasteiger partial charge is 0.490 e. The number of rotatable bonds is 10. The highest BCUT2D eigenvalue weighted by Gasteiger charge is 2.15. The number of aromatic nitrogens is 1. The fourth-order valence-electron chi connectivity index (χ4n) is 3.87. The molecule has 0 aliphatic heterocycles. The van der Waals surface area contributed by atoms with Gasteiger partial charge in [0.25, 0.3) is 5.91 Å². The van der Waals surface area contributed by atoms with Crippen LogP contribution in [0.4, 0.5) is 4.39 Å². The number of carbonyl (C=O) groups excluding carboxylic acids is 1. The second-order valence-corrected chi connectivity index (χ2v) is 9.07. The van der Waals surface area contributed by atoms with Crippen molar-refractivity contribution in [1.82, 2.24) is 10.3 Å². The smallest absolute Gasteiger partial charge is 0.261 e. The van der Waals surface area contributed by atoms with E-state index in [-0.39, 0.29) is 18.0 Å². The van der Waals surface area contributed by atoms with Crippen molar-refractivity contribution in [3.05, 3.63) is 99.4 Å². The minimum Gasteiger partial charge on any atom is -0.490 e. The van der Waals surface area contributed by atoms with Crippen molar-refractivity contribution in [2.75, 3.05) is 13.2 Å². The Morgan fingerprint density at radius 2 is 1.95 bits per heavy atom. The molecule has 6 nitrogen and oxygen atoms in total. The van der Waals surface area contributed by atoms with Crippen molar-refractivity contribution in [3.8, 4) is 17.6 Å². The molecule has 2 N–H and O–H groups in total. The summed E-state index contributed by atoms with van der Waals surface area (Å²) in [6.45, 7) is 2.86. The van der Waals surface area contributed by atoms with E-state index in [1.54, 1.807) is 24.3 Å². The fourth-order valence-corrected chi connectivity index (χ4v) is 4.44. The van der Waals surface area contributed by atoms with E-state index in [9.17, 15) is 14.4 Å². The normalized spacial score (nSPS) is 11.2. The molecule has 4 rings (SSSR count). The summed E-state index contributed by atoms with van der Waals surface area (Å²) >= 11 is 3.51. The highest BCUT2D eigenvalue weighted by Crippen LogP contribution is 2.38. The van der Waals surface area contributed by atoms with Gasteiger partial charge in [-0.2, -0.15) is 5.26 Å². The standard InChI is InChI=1S/C29H25BrFN3O3/c1-2-36-27-15-20(14-25(30)28(27)37-18-19-7-9-23(31)10-8-19)13-22(16-32)29(35)33-12-11-21-17-34-26-6-4-3-5-24(21)26/h3-10,13-15,17,34H,2,11-12,18H2,1H3,(H,33,35)/b22-13-. The van der Waals surface area contributed by atoms with Crippen LogP contribution in [0.5, 0.6) is 11.5 Å². The number of hydrogen-bond acceptors (Lipinski definition) is 4. The second-order valence-electron chi connectivity index (χ2n) is 8.21. The van der Waals surface area contributed by atoms with E-state index < -0.39 is 5.91 Å². The van der Waals surface area contributed by atoms with Gasteiger partial charge in [0, 0.05) is 23.6 Å². The third-order valence-electron chi connectivity index (χ3n) is 5.66. The molecule has 188 valence electrons. The first-order chi connectivity index (χ1) is 18.0. The molecule has 4 aromatic rings. The molecule has 8 heteroatoms. The molecule has 0 fully saturated rings. The summed E-state index contributed by atoms with van der Waals surface area (Å²) in [5.74, 6) is 0.173.